The third-order valence-electron chi connectivity index (χ3n) is 4.24. The lowest BCUT2D eigenvalue weighted by Crippen LogP contribution is -2.44. The first-order valence-corrected chi connectivity index (χ1v) is 9.09. The van der Waals surface area contributed by atoms with Crippen LogP contribution in [0.3, 0.4) is 0 Å². The van der Waals surface area contributed by atoms with Crippen LogP contribution in [-0.2, 0) is 6.42 Å². The molecule has 1 unspecified atom stereocenters. The predicted octanol–water partition coefficient (Wildman–Crippen LogP) is 3.03. The molecule has 1 saturated heterocycles. The molecule has 3 heteroatoms. The van der Waals surface area contributed by atoms with Crippen LogP contribution in [-0.4, -0.2) is 48.6 Å². The summed E-state index contributed by atoms with van der Waals surface area (Å²) in [5, 5.41) is 4.45. The Balaban J connectivity index is 1.62. The van der Waals surface area contributed by atoms with Gasteiger partial charge in [-0.3, -0.25) is 0 Å². The van der Waals surface area contributed by atoms with E-state index in [9.17, 15) is 0 Å². The lowest BCUT2D eigenvalue weighted by molar-refractivity contribution is 0.200. The molecule has 20 heavy (non-hydrogen) atoms. The van der Waals surface area contributed by atoms with Gasteiger partial charge in [0.15, 0.2) is 0 Å². The van der Waals surface area contributed by atoms with E-state index >= 15 is 0 Å². The van der Waals surface area contributed by atoms with E-state index in [0.29, 0.717) is 0 Å². The Hall–Kier alpha value is -0.510. The number of nitrogens with one attached hydrogen (secondary N) is 1. The summed E-state index contributed by atoms with van der Waals surface area (Å²) in [6.45, 7) is 7.15. The molecule has 1 atom stereocenters. The number of benzene rings is 1. The lowest BCUT2D eigenvalue weighted by atomic mass is 10.0. The van der Waals surface area contributed by atoms with Crippen LogP contribution in [0.25, 0.3) is 0 Å². The van der Waals surface area contributed by atoms with E-state index in [0.717, 1.165) is 17.8 Å². The SMILES string of the molecule is CSC(C)CNC1CCN(CCc2ccccc2)CC1. The predicted molar refractivity (Wildman–Crippen MR) is 90.6 cm³/mol. The smallest absolute Gasteiger partial charge is 0.0141 e. The highest BCUT2D eigenvalue weighted by Gasteiger charge is 2.18. The van der Waals surface area contributed by atoms with Gasteiger partial charge in [0.05, 0.1) is 0 Å². The minimum absolute atomic E-state index is 0.728. The summed E-state index contributed by atoms with van der Waals surface area (Å²) < 4.78 is 0. The second-order valence-corrected chi connectivity index (χ2v) is 7.08. The molecule has 0 aliphatic carbocycles. The van der Waals surface area contributed by atoms with Crippen molar-refractivity contribution in [2.24, 2.45) is 0 Å². The van der Waals surface area contributed by atoms with Gasteiger partial charge >= 0.3 is 0 Å². The molecule has 1 fully saturated rings. The highest BCUT2D eigenvalue weighted by molar-refractivity contribution is 7.99. The number of rotatable bonds is 7. The first-order chi connectivity index (χ1) is 9.78. The standard InChI is InChI=1S/C17H28N2S/c1-15(20-2)14-18-17-9-12-19(13-10-17)11-8-16-6-4-3-5-7-16/h3-7,15,17-18H,8-14H2,1-2H3. The van der Waals surface area contributed by atoms with Crippen molar-refractivity contribution in [3.8, 4) is 0 Å². The maximum Gasteiger partial charge on any atom is 0.0141 e. The van der Waals surface area contributed by atoms with Gasteiger partial charge in [0, 0.05) is 24.4 Å². The number of hydrogen-bond acceptors (Lipinski definition) is 3. The molecule has 1 aliphatic heterocycles. The maximum atomic E-state index is 3.72. The third kappa shape index (κ3) is 5.47. The normalized spacial score (nSPS) is 19.1. The minimum atomic E-state index is 0.728. The Morgan fingerprint density at radius 2 is 1.95 bits per heavy atom. The van der Waals surface area contributed by atoms with Crippen LogP contribution in [0.5, 0.6) is 0 Å². The van der Waals surface area contributed by atoms with E-state index in [1.54, 1.807) is 0 Å². The highest BCUT2D eigenvalue weighted by atomic mass is 32.2. The Labute approximate surface area is 128 Å². The summed E-state index contributed by atoms with van der Waals surface area (Å²) in [5.74, 6) is 0. The Bertz CT molecular complexity index is 361. The Morgan fingerprint density at radius 1 is 1.25 bits per heavy atom. The fourth-order valence-electron chi connectivity index (χ4n) is 2.71. The van der Waals surface area contributed by atoms with Crippen LogP contribution in [0.1, 0.15) is 25.3 Å². The van der Waals surface area contributed by atoms with Gasteiger partial charge in [-0.25, -0.2) is 0 Å². The van der Waals surface area contributed by atoms with Gasteiger partial charge in [0.25, 0.3) is 0 Å². The third-order valence-corrected chi connectivity index (χ3v) is 5.21. The van der Waals surface area contributed by atoms with E-state index in [1.807, 2.05) is 11.8 Å². The average molecular weight is 292 g/mol. The number of nitrogens with zero attached hydrogens (tertiary/aromatic N) is 1. The maximum absolute atomic E-state index is 3.72. The second-order valence-electron chi connectivity index (χ2n) is 5.81. The van der Waals surface area contributed by atoms with Crippen molar-refractivity contribution in [2.45, 2.75) is 37.5 Å². The van der Waals surface area contributed by atoms with Gasteiger partial charge in [-0.15, -0.1) is 0 Å². The Morgan fingerprint density at radius 3 is 2.60 bits per heavy atom. The monoisotopic (exact) mass is 292 g/mol. The van der Waals surface area contributed by atoms with Gasteiger partial charge in [-0.05, 0) is 44.2 Å². The zero-order chi connectivity index (χ0) is 14.2. The molecule has 0 saturated carbocycles. The fourth-order valence-corrected chi connectivity index (χ4v) is 2.97. The first-order valence-electron chi connectivity index (χ1n) is 7.80. The van der Waals surface area contributed by atoms with Gasteiger partial charge in [0.1, 0.15) is 0 Å². The molecular formula is C17H28N2S. The van der Waals surface area contributed by atoms with E-state index in [2.05, 4.69) is 53.7 Å². The summed E-state index contributed by atoms with van der Waals surface area (Å²) in [7, 11) is 0. The Kier molecular flexibility index (Phi) is 6.91. The van der Waals surface area contributed by atoms with Crippen molar-refractivity contribution < 1.29 is 0 Å². The molecule has 0 bridgehead atoms. The number of likely N-dealkylation sites (tertiary alicyclic amines) is 1. The zero-order valence-corrected chi connectivity index (χ0v) is 13.7. The summed E-state index contributed by atoms with van der Waals surface area (Å²) in [6.07, 6.45) is 5.98. The van der Waals surface area contributed by atoms with Gasteiger partial charge < -0.3 is 10.2 Å². The van der Waals surface area contributed by atoms with Crippen LogP contribution < -0.4 is 5.32 Å². The molecule has 0 amide bonds. The number of piperidine rings is 1. The van der Waals surface area contributed by atoms with Crippen LogP contribution in [0.15, 0.2) is 30.3 Å². The van der Waals surface area contributed by atoms with Crippen molar-refractivity contribution in [1.29, 1.82) is 0 Å². The highest BCUT2D eigenvalue weighted by Crippen LogP contribution is 2.12. The van der Waals surface area contributed by atoms with E-state index in [-0.39, 0.29) is 0 Å². The molecule has 1 aliphatic rings. The van der Waals surface area contributed by atoms with Gasteiger partial charge in [0.2, 0.25) is 0 Å². The van der Waals surface area contributed by atoms with Crippen LogP contribution >= 0.6 is 11.8 Å². The minimum Gasteiger partial charge on any atom is -0.313 e. The molecule has 0 aromatic heterocycles. The second kappa shape index (κ2) is 8.71. The van der Waals surface area contributed by atoms with Crippen LogP contribution in [0.4, 0.5) is 0 Å². The molecule has 0 radical (unpaired) electrons. The molecule has 1 N–H and O–H groups in total. The van der Waals surface area contributed by atoms with Gasteiger partial charge in [-0.2, -0.15) is 11.8 Å². The molecule has 1 aromatic rings. The van der Waals surface area contributed by atoms with Crippen molar-refractivity contribution in [1.82, 2.24) is 10.2 Å². The molecule has 2 rings (SSSR count). The van der Waals surface area contributed by atoms with Crippen molar-refractivity contribution in [3.05, 3.63) is 35.9 Å². The summed E-state index contributed by atoms with van der Waals surface area (Å²) in [5.41, 5.74) is 1.46. The quantitative estimate of drug-likeness (QED) is 0.831. The number of hydrogen-bond donors (Lipinski definition) is 1. The van der Waals surface area contributed by atoms with Gasteiger partial charge in [-0.1, -0.05) is 37.3 Å². The van der Waals surface area contributed by atoms with Crippen molar-refractivity contribution in [2.75, 3.05) is 32.4 Å². The van der Waals surface area contributed by atoms with E-state index in [4.69, 9.17) is 0 Å². The van der Waals surface area contributed by atoms with E-state index in [1.165, 1.54) is 44.5 Å². The molecule has 0 spiro atoms. The molecular weight excluding hydrogens is 264 g/mol. The van der Waals surface area contributed by atoms with Crippen molar-refractivity contribution >= 4 is 11.8 Å². The molecule has 1 heterocycles. The topological polar surface area (TPSA) is 15.3 Å². The largest absolute Gasteiger partial charge is 0.313 e. The molecule has 112 valence electrons. The molecule has 1 aromatic carbocycles. The zero-order valence-electron chi connectivity index (χ0n) is 12.8. The van der Waals surface area contributed by atoms with Crippen LogP contribution in [0, 0.1) is 0 Å². The van der Waals surface area contributed by atoms with Crippen molar-refractivity contribution in [3.63, 3.8) is 0 Å². The lowest BCUT2D eigenvalue weighted by Gasteiger charge is -2.33. The average Bonchev–Trinajstić information content (AvgIpc) is 2.52. The summed E-state index contributed by atoms with van der Waals surface area (Å²) in [4.78, 5) is 2.61. The van der Waals surface area contributed by atoms with Crippen LogP contribution in [0.2, 0.25) is 0 Å². The van der Waals surface area contributed by atoms with E-state index < -0.39 is 0 Å². The summed E-state index contributed by atoms with van der Waals surface area (Å²) in [6, 6.07) is 11.6. The fraction of sp³-hybridized carbons (Fsp3) is 0.647. The number of thioether (sulfide) groups is 1. The molecule has 2 nitrogen and oxygen atoms in total. The first kappa shape index (κ1) is 15.9. The summed E-state index contributed by atoms with van der Waals surface area (Å²) >= 11 is 1.95.